The number of pyridine rings is 1. The topological polar surface area (TPSA) is 127 Å². The highest BCUT2D eigenvalue weighted by atomic mass is 32.1. The second-order valence-electron chi connectivity index (χ2n) is 9.33. The van der Waals surface area contributed by atoms with Crippen LogP contribution in [0.5, 0.6) is 0 Å². The monoisotopic (exact) mass is 571 g/mol. The average molecular weight is 572 g/mol. The van der Waals surface area contributed by atoms with Crippen molar-refractivity contribution in [2.24, 2.45) is 5.92 Å². The second-order valence-corrected chi connectivity index (χ2v) is 10.4. The van der Waals surface area contributed by atoms with E-state index in [1.165, 1.54) is 17.0 Å². The minimum atomic E-state index is -0.589. The Bertz CT molecular complexity index is 1590. The van der Waals surface area contributed by atoms with Crippen molar-refractivity contribution in [3.8, 4) is 22.6 Å². The molecule has 1 aliphatic rings. The van der Waals surface area contributed by atoms with Gasteiger partial charge in [-0.15, -0.1) is 11.3 Å². The summed E-state index contributed by atoms with van der Waals surface area (Å²) >= 11 is 1.65. The fourth-order valence-electron chi connectivity index (χ4n) is 4.33. The molecule has 0 saturated carbocycles. The lowest BCUT2D eigenvalue weighted by atomic mass is 10.1. The summed E-state index contributed by atoms with van der Waals surface area (Å²) in [6, 6.07) is 15.4. The third kappa shape index (κ3) is 6.62. The number of benzene rings is 1. The van der Waals surface area contributed by atoms with E-state index >= 15 is 0 Å². The standard InChI is InChI=1S/C29H26FN7O3S/c30-20-5-3-18(4-6-20)26-27(23-9-12-32-29(35-23)33-15-22-2-1-13-41-22)37-24(36-26)14-25-39-16-19(17-40-25)28(38)34-21-7-10-31-11-8-21/h1-13,19,25H,14-17H2,(H,36,37)(H,31,34,38)(H,32,33,35). The van der Waals surface area contributed by atoms with E-state index in [1.807, 2.05) is 17.5 Å². The van der Waals surface area contributed by atoms with Crippen molar-refractivity contribution in [1.82, 2.24) is 24.9 Å². The minimum absolute atomic E-state index is 0.180. The number of halogens is 1. The highest BCUT2D eigenvalue weighted by Gasteiger charge is 2.29. The van der Waals surface area contributed by atoms with Crippen molar-refractivity contribution in [3.05, 3.63) is 95.1 Å². The van der Waals surface area contributed by atoms with Crippen LogP contribution in [0.15, 0.2) is 78.6 Å². The predicted octanol–water partition coefficient (Wildman–Crippen LogP) is 4.91. The quantitative estimate of drug-likeness (QED) is 0.228. The van der Waals surface area contributed by atoms with Crippen molar-refractivity contribution < 1.29 is 18.7 Å². The van der Waals surface area contributed by atoms with Gasteiger partial charge in [-0.1, -0.05) is 6.07 Å². The van der Waals surface area contributed by atoms with Gasteiger partial charge in [0.25, 0.3) is 0 Å². The van der Waals surface area contributed by atoms with Crippen molar-refractivity contribution in [2.45, 2.75) is 19.3 Å². The first-order valence-electron chi connectivity index (χ1n) is 13.0. The number of amides is 1. The van der Waals surface area contributed by atoms with Crippen LogP contribution in [0.25, 0.3) is 22.6 Å². The molecule has 10 nitrogen and oxygen atoms in total. The van der Waals surface area contributed by atoms with Gasteiger partial charge in [0.05, 0.1) is 49.2 Å². The number of thiophene rings is 1. The molecule has 0 radical (unpaired) electrons. The molecule has 6 rings (SSSR count). The third-order valence-electron chi connectivity index (χ3n) is 6.43. The molecule has 5 aromatic rings. The van der Waals surface area contributed by atoms with Crippen LogP contribution in [0.2, 0.25) is 0 Å². The molecule has 41 heavy (non-hydrogen) atoms. The zero-order chi connectivity index (χ0) is 28.0. The van der Waals surface area contributed by atoms with E-state index in [9.17, 15) is 9.18 Å². The molecule has 0 atom stereocenters. The normalized spacial score (nSPS) is 16.8. The lowest BCUT2D eigenvalue weighted by Gasteiger charge is -2.28. The number of hydrogen-bond donors (Lipinski definition) is 3. The van der Waals surface area contributed by atoms with E-state index in [0.29, 0.717) is 47.5 Å². The fraction of sp³-hybridized carbons (Fsp3) is 0.207. The Morgan fingerprint density at radius 3 is 2.59 bits per heavy atom. The van der Waals surface area contributed by atoms with Gasteiger partial charge in [0.1, 0.15) is 11.6 Å². The summed E-state index contributed by atoms with van der Waals surface area (Å²) < 4.78 is 25.4. The molecule has 208 valence electrons. The van der Waals surface area contributed by atoms with Crippen LogP contribution in [0.4, 0.5) is 16.0 Å². The van der Waals surface area contributed by atoms with Gasteiger partial charge in [0, 0.05) is 34.7 Å². The summed E-state index contributed by atoms with van der Waals surface area (Å²) in [5, 5.41) is 8.12. The molecule has 1 fully saturated rings. The molecular formula is C29H26FN7O3S. The Hall–Kier alpha value is -4.52. The van der Waals surface area contributed by atoms with Crippen LogP contribution in [-0.2, 0) is 27.2 Å². The summed E-state index contributed by atoms with van der Waals surface area (Å²) in [6.45, 7) is 1.04. The van der Waals surface area contributed by atoms with E-state index in [2.05, 4.69) is 25.6 Å². The number of carbonyl (C=O) groups is 1. The first kappa shape index (κ1) is 26.7. The lowest BCUT2D eigenvalue weighted by Crippen LogP contribution is -2.39. The zero-order valence-corrected chi connectivity index (χ0v) is 22.6. The Kier molecular flexibility index (Phi) is 8.03. The van der Waals surface area contributed by atoms with Crippen molar-refractivity contribution in [2.75, 3.05) is 23.8 Å². The van der Waals surface area contributed by atoms with E-state index in [4.69, 9.17) is 19.4 Å². The second kappa shape index (κ2) is 12.3. The van der Waals surface area contributed by atoms with Gasteiger partial charge in [-0.3, -0.25) is 9.78 Å². The van der Waals surface area contributed by atoms with Crippen LogP contribution in [0, 0.1) is 11.7 Å². The number of imidazole rings is 1. The van der Waals surface area contributed by atoms with Crippen molar-refractivity contribution in [1.29, 1.82) is 0 Å². The molecule has 0 bridgehead atoms. The highest BCUT2D eigenvalue weighted by Crippen LogP contribution is 2.30. The van der Waals surface area contributed by atoms with Gasteiger partial charge in [-0.2, -0.15) is 0 Å². The van der Waals surface area contributed by atoms with Gasteiger partial charge in [0.15, 0.2) is 6.29 Å². The number of hydrogen-bond acceptors (Lipinski definition) is 9. The van der Waals surface area contributed by atoms with Crippen LogP contribution >= 0.6 is 11.3 Å². The van der Waals surface area contributed by atoms with E-state index in [-0.39, 0.29) is 24.9 Å². The Labute approximate surface area is 239 Å². The molecule has 1 aromatic carbocycles. The minimum Gasteiger partial charge on any atom is -0.351 e. The van der Waals surface area contributed by atoms with Gasteiger partial charge in [-0.05, 0) is 53.9 Å². The molecule has 4 aromatic heterocycles. The number of nitrogens with one attached hydrogen (secondary N) is 3. The van der Waals surface area contributed by atoms with Gasteiger partial charge < -0.3 is 25.1 Å². The van der Waals surface area contributed by atoms with Crippen molar-refractivity contribution >= 4 is 28.9 Å². The third-order valence-corrected chi connectivity index (χ3v) is 7.30. The zero-order valence-electron chi connectivity index (χ0n) is 21.8. The number of rotatable bonds is 9. The molecule has 0 unspecified atom stereocenters. The first-order chi connectivity index (χ1) is 20.1. The molecule has 0 spiro atoms. The summed E-state index contributed by atoms with van der Waals surface area (Å²) in [4.78, 5) is 34.9. The maximum absolute atomic E-state index is 13.7. The molecule has 1 amide bonds. The number of anilines is 2. The summed E-state index contributed by atoms with van der Waals surface area (Å²) in [7, 11) is 0. The van der Waals surface area contributed by atoms with E-state index in [0.717, 1.165) is 5.56 Å². The summed E-state index contributed by atoms with van der Waals surface area (Å²) in [5.74, 6) is 0.130. The van der Waals surface area contributed by atoms with E-state index in [1.54, 1.807) is 60.3 Å². The van der Waals surface area contributed by atoms with E-state index < -0.39 is 12.2 Å². The van der Waals surface area contributed by atoms with Crippen LogP contribution in [0.3, 0.4) is 0 Å². The predicted molar refractivity (Wildman–Crippen MR) is 152 cm³/mol. The van der Waals surface area contributed by atoms with Gasteiger partial charge in [-0.25, -0.2) is 19.3 Å². The fourth-order valence-corrected chi connectivity index (χ4v) is 4.98. The average Bonchev–Trinajstić information content (AvgIpc) is 3.68. The molecular weight excluding hydrogens is 545 g/mol. The van der Waals surface area contributed by atoms with Gasteiger partial charge >= 0.3 is 0 Å². The number of ether oxygens (including phenoxy) is 2. The number of H-pyrrole nitrogens is 1. The lowest BCUT2D eigenvalue weighted by molar-refractivity contribution is -0.199. The first-order valence-corrected chi connectivity index (χ1v) is 13.9. The number of nitrogens with zero attached hydrogens (tertiary/aromatic N) is 4. The molecule has 0 aliphatic carbocycles. The summed E-state index contributed by atoms with van der Waals surface area (Å²) in [6.07, 6.45) is 4.64. The maximum Gasteiger partial charge on any atom is 0.232 e. The number of aromatic amines is 1. The Balaban J connectivity index is 1.17. The molecule has 12 heteroatoms. The number of aromatic nitrogens is 5. The molecule has 3 N–H and O–H groups in total. The number of carbonyl (C=O) groups excluding carboxylic acids is 1. The summed E-state index contributed by atoms with van der Waals surface area (Å²) in [5.41, 5.74) is 3.31. The molecule has 1 saturated heterocycles. The highest BCUT2D eigenvalue weighted by molar-refractivity contribution is 7.09. The van der Waals surface area contributed by atoms with Crippen molar-refractivity contribution in [3.63, 3.8) is 0 Å². The SMILES string of the molecule is O=C(Nc1ccncc1)C1COC(Cc2nc(-c3ccc(F)cc3)c(-c3ccnc(NCc4cccs4)n3)[nH]2)OC1. The Morgan fingerprint density at radius 2 is 1.83 bits per heavy atom. The maximum atomic E-state index is 13.7. The molecule has 5 heterocycles. The van der Waals surface area contributed by atoms with Gasteiger partial charge in [0.2, 0.25) is 11.9 Å². The van der Waals surface area contributed by atoms with Crippen LogP contribution in [-0.4, -0.2) is 50.3 Å². The van der Waals surface area contributed by atoms with Crippen LogP contribution in [0.1, 0.15) is 10.7 Å². The largest absolute Gasteiger partial charge is 0.351 e. The molecule has 1 aliphatic heterocycles. The smallest absolute Gasteiger partial charge is 0.232 e. The van der Waals surface area contributed by atoms with Crippen LogP contribution < -0.4 is 10.6 Å². The Morgan fingerprint density at radius 1 is 1.02 bits per heavy atom.